The standard InChI is InChI=1S/C12H7ClFNO2/c1-2-3-4-15-10-6-9(14)8(13)5-7(10)11(16)12(15)17/h5-6H,4H2,1H3. The molecule has 0 saturated heterocycles. The molecule has 0 aromatic heterocycles. The summed E-state index contributed by atoms with van der Waals surface area (Å²) in [6, 6.07) is 2.25. The molecule has 0 N–H and O–H groups in total. The van der Waals surface area contributed by atoms with E-state index in [1.807, 2.05) is 0 Å². The zero-order valence-corrected chi connectivity index (χ0v) is 9.64. The maximum Gasteiger partial charge on any atom is 0.300 e. The second-order valence-electron chi connectivity index (χ2n) is 3.43. The van der Waals surface area contributed by atoms with E-state index in [9.17, 15) is 14.0 Å². The number of carbonyl (C=O) groups excluding carboxylic acids is 2. The number of anilines is 1. The van der Waals surface area contributed by atoms with Crippen molar-refractivity contribution in [1.82, 2.24) is 0 Å². The number of Topliss-reactive ketones (excluding diaryl/α,β-unsaturated/α-hetero) is 1. The normalized spacial score (nSPS) is 13.5. The number of hydrogen-bond donors (Lipinski definition) is 0. The van der Waals surface area contributed by atoms with Crippen LogP contribution in [0.3, 0.4) is 0 Å². The lowest BCUT2D eigenvalue weighted by Gasteiger charge is -2.12. The Labute approximate surface area is 102 Å². The van der Waals surface area contributed by atoms with Gasteiger partial charge < -0.3 is 0 Å². The van der Waals surface area contributed by atoms with E-state index >= 15 is 0 Å². The molecule has 0 saturated carbocycles. The van der Waals surface area contributed by atoms with Gasteiger partial charge in [0, 0.05) is 0 Å². The molecule has 1 aromatic carbocycles. The van der Waals surface area contributed by atoms with E-state index in [2.05, 4.69) is 11.8 Å². The average Bonchev–Trinajstić information content (AvgIpc) is 2.52. The lowest BCUT2D eigenvalue weighted by Crippen LogP contribution is -2.29. The smallest absolute Gasteiger partial charge is 0.293 e. The molecule has 1 amide bonds. The van der Waals surface area contributed by atoms with Crippen LogP contribution in [0.25, 0.3) is 0 Å². The zero-order chi connectivity index (χ0) is 12.6. The molecule has 5 heteroatoms. The van der Waals surface area contributed by atoms with Gasteiger partial charge in [0.2, 0.25) is 0 Å². The molecule has 17 heavy (non-hydrogen) atoms. The zero-order valence-electron chi connectivity index (χ0n) is 8.88. The van der Waals surface area contributed by atoms with Crippen LogP contribution in [0.1, 0.15) is 17.3 Å². The van der Waals surface area contributed by atoms with Crippen molar-refractivity contribution in [3.8, 4) is 11.8 Å². The number of hydrogen-bond acceptors (Lipinski definition) is 2. The fraction of sp³-hybridized carbons (Fsp3) is 0.167. The van der Waals surface area contributed by atoms with E-state index in [0.717, 1.165) is 11.0 Å². The van der Waals surface area contributed by atoms with E-state index < -0.39 is 17.5 Å². The Morgan fingerprint density at radius 2 is 2.12 bits per heavy atom. The van der Waals surface area contributed by atoms with Gasteiger partial charge in [-0.15, -0.1) is 5.92 Å². The van der Waals surface area contributed by atoms with Crippen molar-refractivity contribution in [3.63, 3.8) is 0 Å². The molecular formula is C12H7ClFNO2. The fourth-order valence-corrected chi connectivity index (χ4v) is 1.77. The van der Waals surface area contributed by atoms with Crippen molar-refractivity contribution < 1.29 is 14.0 Å². The molecule has 1 aromatic rings. The quantitative estimate of drug-likeness (QED) is 0.566. The van der Waals surface area contributed by atoms with Gasteiger partial charge in [-0.2, -0.15) is 0 Å². The lowest BCUT2D eigenvalue weighted by atomic mass is 10.1. The summed E-state index contributed by atoms with van der Waals surface area (Å²) in [6.07, 6.45) is 0. The number of amides is 1. The first-order valence-corrected chi connectivity index (χ1v) is 5.19. The first-order chi connectivity index (χ1) is 8.06. The van der Waals surface area contributed by atoms with E-state index in [-0.39, 0.29) is 22.8 Å². The summed E-state index contributed by atoms with van der Waals surface area (Å²) in [5.41, 5.74) is 0.351. The number of rotatable bonds is 1. The van der Waals surface area contributed by atoms with Gasteiger partial charge in [0.25, 0.3) is 11.7 Å². The Morgan fingerprint density at radius 1 is 1.41 bits per heavy atom. The molecule has 2 rings (SSSR count). The number of carbonyl (C=O) groups is 2. The van der Waals surface area contributed by atoms with Crippen LogP contribution in [0, 0.1) is 17.7 Å². The van der Waals surface area contributed by atoms with Crippen molar-refractivity contribution in [3.05, 3.63) is 28.5 Å². The summed E-state index contributed by atoms with van der Waals surface area (Å²) < 4.78 is 13.3. The lowest BCUT2D eigenvalue weighted by molar-refractivity contribution is -0.114. The SMILES string of the molecule is CC#CCN1C(=O)C(=O)c2cc(Cl)c(F)cc21. The summed E-state index contributed by atoms with van der Waals surface area (Å²) >= 11 is 5.57. The van der Waals surface area contributed by atoms with Gasteiger partial charge in [0.1, 0.15) is 5.82 Å². The average molecular weight is 252 g/mol. The molecular weight excluding hydrogens is 245 g/mol. The molecule has 1 aliphatic heterocycles. The Kier molecular flexibility index (Phi) is 2.86. The molecule has 0 unspecified atom stereocenters. The summed E-state index contributed by atoms with van der Waals surface area (Å²) in [4.78, 5) is 24.4. The summed E-state index contributed by atoms with van der Waals surface area (Å²) in [6.45, 7) is 1.68. The van der Waals surface area contributed by atoms with Crippen LogP contribution in [0.5, 0.6) is 0 Å². The second-order valence-corrected chi connectivity index (χ2v) is 3.84. The Hall–Kier alpha value is -1.86. The monoisotopic (exact) mass is 251 g/mol. The predicted octanol–water partition coefficient (Wildman–Crippen LogP) is 2.03. The molecule has 3 nitrogen and oxygen atoms in total. The highest BCUT2D eigenvalue weighted by Crippen LogP contribution is 2.32. The van der Waals surface area contributed by atoms with Crippen molar-refractivity contribution in [2.75, 3.05) is 11.4 Å². The van der Waals surface area contributed by atoms with E-state index in [0.29, 0.717) is 0 Å². The topological polar surface area (TPSA) is 37.4 Å². The molecule has 1 heterocycles. The van der Waals surface area contributed by atoms with Crippen LogP contribution in [0.15, 0.2) is 12.1 Å². The highest BCUT2D eigenvalue weighted by Gasteiger charge is 2.36. The van der Waals surface area contributed by atoms with Crippen molar-refractivity contribution >= 4 is 29.0 Å². The first-order valence-electron chi connectivity index (χ1n) is 4.81. The number of halogens is 2. The molecule has 0 spiro atoms. The summed E-state index contributed by atoms with van der Waals surface area (Å²) in [5.74, 6) is 3.23. The Morgan fingerprint density at radius 3 is 2.76 bits per heavy atom. The third kappa shape index (κ3) is 1.79. The maximum atomic E-state index is 13.3. The van der Waals surface area contributed by atoms with E-state index in [1.165, 1.54) is 6.07 Å². The molecule has 0 radical (unpaired) electrons. The number of benzene rings is 1. The van der Waals surface area contributed by atoms with E-state index in [4.69, 9.17) is 11.6 Å². The van der Waals surface area contributed by atoms with Gasteiger partial charge in [-0.3, -0.25) is 14.5 Å². The Balaban J connectivity index is 2.54. The van der Waals surface area contributed by atoms with Gasteiger partial charge in [0.15, 0.2) is 0 Å². The van der Waals surface area contributed by atoms with Gasteiger partial charge in [-0.25, -0.2) is 4.39 Å². The second kappa shape index (κ2) is 4.19. The molecule has 0 bridgehead atoms. The molecule has 0 fully saturated rings. The van der Waals surface area contributed by atoms with Crippen LogP contribution in [-0.4, -0.2) is 18.2 Å². The van der Waals surface area contributed by atoms with E-state index in [1.54, 1.807) is 6.92 Å². The van der Waals surface area contributed by atoms with Gasteiger partial charge in [0.05, 0.1) is 22.8 Å². The Bertz CT molecular complexity index is 586. The summed E-state index contributed by atoms with van der Waals surface area (Å²) in [7, 11) is 0. The van der Waals surface area contributed by atoms with Crippen LogP contribution >= 0.6 is 11.6 Å². The van der Waals surface area contributed by atoms with Crippen molar-refractivity contribution in [2.45, 2.75) is 6.92 Å². The molecule has 0 atom stereocenters. The molecule has 86 valence electrons. The maximum absolute atomic E-state index is 13.3. The van der Waals surface area contributed by atoms with Crippen molar-refractivity contribution in [1.29, 1.82) is 0 Å². The number of ketones is 1. The van der Waals surface area contributed by atoms with Crippen LogP contribution < -0.4 is 4.90 Å². The third-order valence-corrected chi connectivity index (χ3v) is 2.72. The largest absolute Gasteiger partial charge is 0.300 e. The van der Waals surface area contributed by atoms with Gasteiger partial charge in [-0.1, -0.05) is 17.5 Å². The number of fused-ring (bicyclic) bond motifs is 1. The first kappa shape index (κ1) is 11.6. The minimum absolute atomic E-state index is 0.0646. The summed E-state index contributed by atoms with van der Waals surface area (Å²) in [5, 5.41) is -0.173. The number of nitrogens with zero attached hydrogens (tertiary/aromatic N) is 1. The molecule has 0 aliphatic carbocycles. The highest BCUT2D eigenvalue weighted by atomic mass is 35.5. The van der Waals surface area contributed by atoms with Crippen LogP contribution in [0.2, 0.25) is 5.02 Å². The minimum Gasteiger partial charge on any atom is -0.293 e. The van der Waals surface area contributed by atoms with Crippen LogP contribution in [-0.2, 0) is 4.79 Å². The van der Waals surface area contributed by atoms with Gasteiger partial charge in [-0.05, 0) is 19.1 Å². The fourth-order valence-electron chi connectivity index (χ4n) is 1.60. The third-order valence-electron chi connectivity index (χ3n) is 2.43. The van der Waals surface area contributed by atoms with Gasteiger partial charge >= 0.3 is 0 Å². The molecule has 1 aliphatic rings. The predicted molar refractivity (Wildman–Crippen MR) is 61.5 cm³/mol. The van der Waals surface area contributed by atoms with Crippen LogP contribution in [0.4, 0.5) is 10.1 Å². The minimum atomic E-state index is -0.704. The van der Waals surface area contributed by atoms with Crippen molar-refractivity contribution in [2.24, 2.45) is 0 Å². The highest BCUT2D eigenvalue weighted by molar-refractivity contribution is 6.52.